The third-order valence-electron chi connectivity index (χ3n) is 3.63. The molecule has 0 aliphatic heterocycles. The molecule has 96 valence electrons. The number of aryl methyl sites for hydroxylation is 1. The molecule has 0 spiro atoms. The van der Waals surface area contributed by atoms with Crippen LogP contribution in [0.1, 0.15) is 43.0 Å². The molecule has 0 atom stereocenters. The Hall–Kier alpha value is -1.65. The average Bonchev–Trinajstić information content (AvgIpc) is 2.74. The van der Waals surface area contributed by atoms with Crippen LogP contribution in [-0.4, -0.2) is 25.9 Å². The third kappa shape index (κ3) is 1.94. The zero-order valence-corrected chi connectivity index (χ0v) is 10.3. The van der Waals surface area contributed by atoms with E-state index in [-0.39, 0.29) is 5.88 Å². The number of aromatic nitrogens is 3. The van der Waals surface area contributed by atoms with Gasteiger partial charge >= 0.3 is 0 Å². The van der Waals surface area contributed by atoms with E-state index in [1.807, 2.05) is 13.0 Å². The van der Waals surface area contributed by atoms with Gasteiger partial charge in [-0.05, 0) is 32.6 Å². The van der Waals surface area contributed by atoms with Crippen LogP contribution in [0.3, 0.4) is 0 Å². The molecule has 1 aliphatic rings. The number of alkyl halides is 1. The lowest BCUT2D eigenvalue weighted by atomic mass is 9.86. The highest BCUT2D eigenvalue weighted by atomic mass is 19.1. The summed E-state index contributed by atoms with van der Waals surface area (Å²) < 4.78 is 14.6. The second-order valence-electron chi connectivity index (χ2n) is 5.04. The summed E-state index contributed by atoms with van der Waals surface area (Å²) in [5.41, 5.74) is 2.33. The van der Waals surface area contributed by atoms with Gasteiger partial charge in [0.05, 0.1) is 5.69 Å². The molecule has 1 aliphatic carbocycles. The number of hydrogen-bond donors (Lipinski definition) is 1. The number of aromatic hydroxyl groups is 1. The smallest absolute Gasteiger partial charge is 0.215 e. The van der Waals surface area contributed by atoms with Crippen LogP contribution < -0.4 is 0 Å². The summed E-state index contributed by atoms with van der Waals surface area (Å²) in [7, 11) is 0. The molecule has 2 aromatic heterocycles. The van der Waals surface area contributed by atoms with Crippen molar-refractivity contribution < 1.29 is 9.50 Å². The van der Waals surface area contributed by atoms with Gasteiger partial charge in [0.1, 0.15) is 6.17 Å². The van der Waals surface area contributed by atoms with E-state index < -0.39 is 6.17 Å². The van der Waals surface area contributed by atoms with Crippen molar-refractivity contribution in [3.63, 3.8) is 0 Å². The van der Waals surface area contributed by atoms with Gasteiger partial charge in [-0.2, -0.15) is 9.61 Å². The lowest BCUT2D eigenvalue weighted by molar-refractivity contribution is 0.233. The number of rotatable bonds is 1. The zero-order valence-electron chi connectivity index (χ0n) is 10.3. The maximum absolute atomic E-state index is 13.1. The van der Waals surface area contributed by atoms with Crippen molar-refractivity contribution in [3.05, 3.63) is 23.5 Å². The molecule has 5 heteroatoms. The Labute approximate surface area is 104 Å². The van der Waals surface area contributed by atoms with E-state index in [1.165, 1.54) is 4.52 Å². The van der Waals surface area contributed by atoms with Crippen molar-refractivity contribution in [1.82, 2.24) is 14.6 Å². The minimum absolute atomic E-state index is 0.0999. The number of nitrogens with zero attached hydrogens (tertiary/aromatic N) is 3. The van der Waals surface area contributed by atoms with Crippen LogP contribution in [0.15, 0.2) is 12.1 Å². The van der Waals surface area contributed by atoms with Gasteiger partial charge in [0.15, 0.2) is 5.65 Å². The van der Waals surface area contributed by atoms with E-state index >= 15 is 0 Å². The van der Waals surface area contributed by atoms with Crippen molar-refractivity contribution in [2.75, 3.05) is 0 Å². The SMILES string of the molecule is Cc1cc(O)n2nc([C@H]3CC[C@H](F)CC3)cc2n1. The number of halogens is 1. The second-order valence-corrected chi connectivity index (χ2v) is 5.04. The molecule has 3 rings (SSSR count). The minimum Gasteiger partial charge on any atom is -0.493 e. The van der Waals surface area contributed by atoms with Gasteiger partial charge in [-0.25, -0.2) is 9.37 Å². The molecule has 18 heavy (non-hydrogen) atoms. The van der Waals surface area contributed by atoms with Crippen LogP contribution in [0.25, 0.3) is 5.65 Å². The summed E-state index contributed by atoms with van der Waals surface area (Å²) in [5.74, 6) is 0.390. The molecule has 4 nitrogen and oxygen atoms in total. The summed E-state index contributed by atoms with van der Waals surface area (Å²) in [5, 5.41) is 14.2. The molecule has 1 saturated carbocycles. The van der Waals surface area contributed by atoms with E-state index in [9.17, 15) is 9.50 Å². The van der Waals surface area contributed by atoms with Crippen LogP contribution >= 0.6 is 0 Å². The number of fused-ring (bicyclic) bond motifs is 1. The van der Waals surface area contributed by atoms with Gasteiger partial charge in [-0.15, -0.1) is 0 Å². The molecule has 0 unspecified atom stereocenters. The predicted octanol–water partition coefficient (Wildman–Crippen LogP) is 2.74. The standard InChI is InChI=1S/C13H16FN3O/c1-8-6-13(18)17-12(15-8)7-11(16-17)9-2-4-10(14)5-3-9/h6-7,9-10,18H,2-5H2,1H3/t9-,10-. The summed E-state index contributed by atoms with van der Waals surface area (Å²) in [6.45, 7) is 1.83. The van der Waals surface area contributed by atoms with Gasteiger partial charge < -0.3 is 5.11 Å². The first kappa shape index (κ1) is 11.4. The lowest BCUT2D eigenvalue weighted by Gasteiger charge is -2.22. The molecule has 1 N–H and O–H groups in total. The normalized spacial score (nSPS) is 24.6. The van der Waals surface area contributed by atoms with E-state index in [2.05, 4.69) is 10.1 Å². The Morgan fingerprint density at radius 2 is 2.00 bits per heavy atom. The van der Waals surface area contributed by atoms with Gasteiger partial charge in [0.25, 0.3) is 0 Å². The first-order chi connectivity index (χ1) is 8.63. The Morgan fingerprint density at radius 3 is 2.72 bits per heavy atom. The Bertz CT molecular complexity index is 573. The molecule has 0 saturated heterocycles. The first-order valence-electron chi connectivity index (χ1n) is 6.34. The fourth-order valence-corrected chi connectivity index (χ4v) is 2.65. The maximum Gasteiger partial charge on any atom is 0.215 e. The highest BCUT2D eigenvalue weighted by Gasteiger charge is 2.24. The fraction of sp³-hybridized carbons (Fsp3) is 0.538. The summed E-state index contributed by atoms with van der Waals surface area (Å²) >= 11 is 0. The van der Waals surface area contributed by atoms with Gasteiger partial charge in [-0.1, -0.05) is 0 Å². The molecule has 0 aromatic carbocycles. The molecule has 0 amide bonds. The van der Waals surface area contributed by atoms with Crippen LogP contribution in [-0.2, 0) is 0 Å². The summed E-state index contributed by atoms with van der Waals surface area (Å²) in [6.07, 6.45) is 2.20. The molecule has 1 fully saturated rings. The average molecular weight is 249 g/mol. The summed E-state index contributed by atoms with van der Waals surface area (Å²) in [6, 6.07) is 3.48. The molecule has 2 heterocycles. The molecular formula is C13H16FN3O. The topological polar surface area (TPSA) is 50.4 Å². The van der Waals surface area contributed by atoms with Crippen molar-refractivity contribution in [3.8, 4) is 5.88 Å². The minimum atomic E-state index is -0.660. The highest BCUT2D eigenvalue weighted by Crippen LogP contribution is 2.34. The molecule has 0 bridgehead atoms. The van der Waals surface area contributed by atoms with Crippen molar-refractivity contribution >= 4 is 5.65 Å². The molecule has 2 aromatic rings. The summed E-state index contributed by atoms with van der Waals surface area (Å²) in [4.78, 5) is 4.33. The lowest BCUT2D eigenvalue weighted by Crippen LogP contribution is -2.14. The van der Waals surface area contributed by atoms with Crippen LogP contribution in [0, 0.1) is 6.92 Å². The second kappa shape index (κ2) is 4.23. The Balaban J connectivity index is 1.96. The van der Waals surface area contributed by atoms with Crippen molar-refractivity contribution in [2.24, 2.45) is 0 Å². The zero-order chi connectivity index (χ0) is 12.7. The van der Waals surface area contributed by atoms with E-state index in [1.54, 1.807) is 6.07 Å². The van der Waals surface area contributed by atoms with E-state index in [0.717, 1.165) is 24.2 Å². The fourth-order valence-electron chi connectivity index (χ4n) is 2.65. The van der Waals surface area contributed by atoms with Gasteiger partial charge in [0.2, 0.25) is 5.88 Å². The highest BCUT2D eigenvalue weighted by molar-refractivity contribution is 5.43. The molecular weight excluding hydrogens is 233 g/mol. The van der Waals surface area contributed by atoms with E-state index in [0.29, 0.717) is 24.4 Å². The van der Waals surface area contributed by atoms with Crippen molar-refractivity contribution in [1.29, 1.82) is 0 Å². The maximum atomic E-state index is 13.1. The van der Waals surface area contributed by atoms with Gasteiger partial charge in [0, 0.05) is 23.7 Å². The third-order valence-corrected chi connectivity index (χ3v) is 3.63. The van der Waals surface area contributed by atoms with Crippen LogP contribution in [0.2, 0.25) is 0 Å². The van der Waals surface area contributed by atoms with E-state index in [4.69, 9.17) is 0 Å². The first-order valence-corrected chi connectivity index (χ1v) is 6.34. The quantitative estimate of drug-likeness (QED) is 0.845. The predicted molar refractivity (Wildman–Crippen MR) is 65.5 cm³/mol. The molecule has 0 radical (unpaired) electrons. The Morgan fingerprint density at radius 1 is 1.28 bits per heavy atom. The monoisotopic (exact) mass is 249 g/mol. The van der Waals surface area contributed by atoms with Crippen molar-refractivity contribution in [2.45, 2.75) is 44.7 Å². The van der Waals surface area contributed by atoms with Crippen LogP contribution in [0.5, 0.6) is 5.88 Å². The number of hydrogen-bond acceptors (Lipinski definition) is 3. The Kier molecular flexibility index (Phi) is 2.69. The van der Waals surface area contributed by atoms with Crippen LogP contribution in [0.4, 0.5) is 4.39 Å². The van der Waals surface area contributed by atoms with Gasteiger partial charge in [-0.3, -0.25) is 0 Å². The largest absolute Gasteiger partial charge is 0.493 e.